The highest BCUT2D eigenvalue weighted by Gasteiger charge is 2.53. The lowest BCUT2D eigenvalue weighted by Gasteiger charge is -2.51. The van der Waals surface area contributed by atoms with Crippen LogP contribution in [-0.4, -0.2) is 52.8 Å². The topological polar surface area (TPSA) is 52.7 Å². The van der Waals surface area contributed by atoms with Gasteiger partial charge in [-0.25, -0.2) is 0 Å². The van der Waals surface area contributed by atoms with E-state index < -0.39 is 11.6 Å². The van der Waals surface area contributed by atoms with Crippen LogP contribution in [-0.2, 0) is 22.6 Å². The number of piperidine rings is 1. The van der Waals surface area contributed by atoms with Crippen LogP contribution >= 0.6 is 23.2 Å². The smallest absolute Gasteiger partial charge is 0.246 e. The van der Waals surface area contributed by atoms with Gasteiger partial charge >= 0.3 is 0 Å². The molecule has 2 saturated heterocycles. The molecule has 2 aromatic rings. The number of rotatable bonds is 6. The Labute approximate surface area is 199 Å². The van der Waals surface area contributed by atoms with Gasteiger partial charge in [-0.1, -0.05) is 60.5 Å². The van der Waals surface area contributed by atoms with Gasteiger partial charge in [-0.2, -0.15) is 0 Å². The molecule has 0 radical (unpaired) electrons. The van der Waals surface area contributed by atoms with Crippen molar-refractivity contribution < 1.29 is 9.59 Å². The number of amides is 2. The molecule has 0 aromatic heterocycles. The van der Waals surface area contributed by atoms with Crippen LogP contribution in [0.5, 0.6) is 0 Å². The van der Waals surface area contributed by atoms with E-state index >= 15 is 0 Å². The van der Waals surface area contributed by atoms with Gasteiger partial charge in [-0.3, -0.25) is 14.5 Å². The average Bonchev–Trinajstić information content (AvgIpc) is 2.79. The molecule has 0 unspecified atom stereocenters. The van der Waals surface area contributed by atoms with Gasteiger partial charge in [0.2, 0.25) is 11.8 Å². The zero-order valence-corrected chi connectivity index (χ0v) is 19.8. The van der Waals surface area contributed by atoms with Crippen molar-refractivity contribution in [2.45, 2.75) is 50.7 Å². The molecular weight excluding hydrogens is 445 g/mol. The number of piperazine rings is 1. The molecule has 2 aliphatic rings. The third-order valence-corrected chi connectivity index (χ3v) is 7.26. The van der Waals surface area contributed by atoms with E-state index in [-0.39, 0.29) is 11.8 Å². The summed E-state index contributed by atoms with van der Waals surface area (Å²) in [6.45, 7) is 4.97. The number of halogens is 2. The van der Waals surface area contributed by atoms with E-state index in [1.54, 1.807) is 0 Å². The predicted octanol–water partition coefficient (Wildman–Crippen LogP) is 4.31. The van der Waals surface area contributed by atoms with Crippen LogP contribution in [0.25, 0.3) is 0 Å². The maximum atomic E-state index is 13.5. The van der Waals surface area contributed by atoms with Gasteiger partial charge in [0.15, 0.2) is 0 Å². The summed E-state index contributed by atoms with van der Waals surface area (Å²) in [6.07, 6.45) is 2.49. The summed E-state index contributed by atoms with van der Waals surface area (Å²) >= 11 is 12.3. The molecule has 1 atom stereocenters. The number of nitrogens with one attached hydrogen (secondary N) is 1. The van der Waals surface area contributed by atoms with Gasteiger partial charge < -0.3 is 10.2 Å². The Morgan fingerprint density at radius 1 is 1.03 bits per heavy atom. The molecule has 170 valence electrons. The summed E-state index contributed by atoms with van der Waals surface area (Å²) in [4.78, 5) is 31.1. The molecule has 7 heteroatoms. The number of benzene rings is 2. The van der Waals surface area contributed by atoms with Crippen molar-refractivity contribution >= 4 is 35.0 Å². The fourth-order valence-electron chi connectivity index (χ4n) is 4.87. The van der Waals surface area contributed by atoms with E-state index in [0.717, 1.165) is 36.6 Å². The number of hydrogen-bond acceptors (Lipinski definition) is 3. The van der Waals surface area contributed by atoms with E-state index in [9.17, 15) is 9.59 Å². The van der Waals surface area contributed by atoms with E-state index in [1.165, 1.54) is 5.56 Å². The molecular formula is C25H29Cl2N3O2. The lowest BCUT2D eigenvalue weighted by atomic mass is 9.81. The normalized spacial score (nSPS) is 21.1. The van der Waals surface area contributed by atoms with Crippen molar-refractivity contribution in [3.05, 3.63) is 69.7 Å². The van der Waals surface area contributed by atoms with Crippen molar-refractivity contribution in [1.29, 1.82) is 0 Å². The average molecular weight is 474 g/mol. The van der Waals surface area contributed by atoms with E-state index in [2.05, 4.69) is 10.2 Å². The fourth-order valence-corrected chi connectivity index (χ4v) is 5.21. The van der Waals surface area contributed by atoms with Gasteiger partial charge in [-0.05, 0) is 48.6 Å². The van der Waals surface area contributed by atoms with Crippen molar-refractivity contribution in [3.63, 3.8) is 0 Å². The Bertz CT molecular complexity index is 971. The Morgan fingerprint density at radius 3 is 2.38 bits per heavy atom. The van der Waals surface area contributed by atoms with E-state index in [1.807, 2.05) is 60.4 Å². The second-order valence-corrected chi connectivity index (χ2v) is 9.59. The number of likely N-dealkylation sites (tertiary alicyclic amines) is 1. The second-order valence-electron chi connectivity index (χ2n) is 8.75. The summed E-state index contributed by atoms with van der Waals surface area (Å²) in [7, 11) is 0. The quantitative estimate of drug-likeness (QED) is 0.679. The first-order valence-electron chi connectivity index (χ1n) is 11.3. The lowest BCUT2D eigenvalue weighted by molar-refractivity contribution is -0.161. The molecule has 4 rings (SSSR count). The molecule has 32 heavy (non-hydrogen) atoms. The van der Waals surface area contributed by atoms with Crippen molar-refractivity contribution in [2.24, 2.45) is 0 Å². The van der Waals surface area contributed by atoms with E-state index in [4.69, 9.17) is 23.2 Å². The Balaban J connectivity index is 1.47. The van der Waals surface area contributed by atoms with Crippen LogP contribution in [0, 0.1) is 0 Å². The van der Waals surface area contributed by atoms with Gasteiger partial charge in [0, 0.05) is 42.6 Å². The molecule has 0 aliphatic carbocycles. The van der Waals surface area contributed by atoms with E-state index in [0.29, 0.717) is 30.8 Å². The largest absolute Gasteiger partial charge is 0.342 e. The molecule has 5 nitrogen and oxygen atoms in total. The van der Waals surface area contributed by atoms with Crippen molar-refractivity contribution in [3.8, 4) is 0 Å². The predicted molar refractivity (Wildman–Crippen MR) is 128 cm³/mol. The summed E-state index contributed by atoms with van der Waals surface area (Å²) in [5.41, 5.74) is 1.30. The molecule has 0 bridgehead atoms. The van der Waals surface area contributed by atoms with Crippen LogP contribution in [0.15, 0.2) is 48.5 Å². The highest BCUT2D eigenvalue weighted by Crippen LogP contribution is 2.34. The Hall–Kier alpha value is -2.08. The highest BCUT2D eigenvalue weighted by molar-refractivity contribution is 6.31. The third-order valence-electron chi connectivity index (χ3n) is 6.64. The fraction of sp³-hybridized carbons (Fsp3) is 0.440. The van der Waals surface area contributed by atoms with Gasteiger partial charge in [0.05, 0.1) is 0 Å². The van der Waals surface area contributed by atoms with Gasteiger partial charge in [0.1, 0.15) is 11.6 Å². The first-order valence-corrected chi connectivity index (χ1v) is 12.0. The van der Waals surface area contributed by atoms with Crippen LogP contribution in [0.1, 0.15) is 37.3 Å². The number of nitrogens with zero attached hydrogens (tertiary/aromatic N) is 2. The minimum Gasteiger partial charge on any atom is -0.342 e. The summed E-state index contributed by atoms with van der Waals surface area (Å²) in [6, 6.07) is 14.8. The summed E-state index contributed by atoms with van der Waals surface area (Å²) in [5.74, 6) is -0.0359. The van der Waals surface area contributed by atoms with Crippen LogP contribution in [0.3, 0.4) is 0 Å². The van der Waals surface area contributed by atoms with Gasteiger partial charge in [0.25, 0.3) is 0 Å². The molecule has 1 spiro atoms. The maximum absolute atomic E-state index is 13.5. The van der Waals surface area contributed by atoms with Crippen LogP contribution in [0.2, 0.25) is 10.0 Å². The van der Waals surface area contributed by atoms with Crippen LogP contribution < -0.4 is 5.32 Å². The van der Waals surface area contributed by atoms with Crippen molar-refractivity contribution in [2.75, 3.05) is 19.6 Å². The molecule has 2 aliphatic heterocycles. The molecule has 1 N–H and O–H groups in total. The third kappa shape index (κ3) is 4.66. The maximum Gasteiger partial charge on any atom is 0.246 e. The molecule has 2 heterocycles. The molecule has 2 amide bonds. The number of carbonyl (C=O) groups is 2. The van der Waals surface area contributed by atoms with Crippen LogP contribution in [0.4, 0.5) is 0 Å². The number of hydrogen-bond donors (Lipinski definition) is 1. The van der Waals surface area contributed by atoms with Crippen molar-refractivity contribution in [1.82, 2.24) is 15.1 Å². The minimum absolute atomic E-state index is 0.00230. The molecule has 0 saturated carbocycles. The minimum atomic E-state index is -0.763. The summed E-state index contributed by atoms with van der Waals surface area (Å²) < 4.78 is 0. The summed E-state index contributed by atoms with van der Waals surface area (Å²) in [5, 5.41) is 4.38. The molecule has 2 aromatic carbocycles. The Kier molecular flexibility index (Phi) is 7.08. The first kappa shape index (κ1) is 23.1. The standard InChI is InChI=1S/C25H29Cl2N3O2/c1-2-13-30-23(31)22(16-19-5-3-4-6-21(19)27)28-24(32)25(30)11-14-29(15-12-25)17-18-7-9-20(26)10-8-18/h3-10,22H,2,11-17H2,1H3,(H,28,32)/t22-/m0/s1. The monoisotopic (exact) mass is 473 g/mol. The zero-order valence-electron chi connectivity index (χ0n) is 18.3. The van der Waals surface area contributed by atoms with Gasteiger partial charge in [-0.15, -0.1) is 0 Å². The second kappa shape index (κ2) is 9.82. The molecule has 2 fully saturated rings. The first-order chi connectivity index (χ1) is 15.4. The highest BCUT2D eigenvalue weighted by atomic mass is 35.5. The zero-order chi connectivity index (χ0) is 22.7. The SMILES string of the molecule is CCCN1C(=O)[C@H](Cc2ccccc2Cl)NC(=O)C12CCN(Cc1ccc(Cl)cc1)CC2. The lowest BCUT2D eigenvalue weighted by Crippen LogP contribution is -2.73. The number of carbonyl (C=O) groups excluding carboxylic acids is 2. The Morgan fingerprint density at radius 2 is 1.72 bits per heavy atom.